The van der Waals surface area contributed by atoms with Crippen LogP contribution < -0.4 is 10.1 Å². The molecule has 1 aromatic heterocycles. The van der Waals surface area contributed by atoms with E-state index in [-0.39, 0.29) is 17.6 Å². The molecule has 0 aliphatic carbocycles. The van der Waals surface area contributed by atoms with Crippen molar-refractivity contribution in [1.82, 2.24) is 9.88 Å². The van der Waals surface area contributed by atoms with Gasteiger partial charge in [0.25, 0.3) is 0 Å². The van der Waals surface area contributed by atoms with Crippen molar-refractivity contribution in [3.8, 4) is 11.5 Å². The fourth-order valence-corrected chi connectivity index (χ4v) is 3.15. The first-order valence-electron chi connectivity index (χ1n) is 10.7. The van der Waals surface area contributed by atoms with Gasteiger partial charge >= 0.3 is 0 Å². The SMILES string of the molecule is CCCN(C(=O)/C=C/c1ccc(Oc2cccnc2)c(F)c1)C(C)C(=O)Nc1ccccc1. The van der Waals surface area contributed by atoms with Crippen LogP contribution in [-0.2, 0) is 9.59 Å². The molecule has 3 rings (SSSR count). The second-order valence-corrected chi connectivity index (χ2v) is 7.38. The quantitative estimate of drug-likeness (QED) is 0.452. The van der Waals surface area contributed by atoms with Crippen LogP contribution in [0.2, 0.25) is 0 Å². The minimum atomic E-state index is -0.672. The predicted molar refractivity (Wildman–Crippen MR) is 126 cm³/mol. The van der Waals surface area contributed by atoms with Gasteiger partial charge in [-0.05, 0) is 61.4 Å². The molecular formula is C26H26FN3O3. The van der Waals surface area contributed by atoms with Gasteiger partial charge in [0.05, 0.1) is 6.20 Å². The predicted octanol–water partition coefficient (Wildman–Crippen LogP) is 5.29. The molecule has 6 nitrogen and oxygen atoms in total. The summed E-state index contributed by atoms with van der Waals surface area (Å²) in [6, 6.07) is 16.2. The Morgan fingerprint density at radius 1 is 1.15 bits per heavy atom. The smallest absolute Gasteiger partial charge is 0.247 e. The second-order valence-electron chi connectivity index (χ2n) is 7.38. The highest BCUT2D eigenvalue weighted by Gasteiger charge is 2.24. The molecule has 7 heteroatoms. The summed E-state index contributed by atoms with van der Waals surface area (Å²) in [7, 11) is 0. The van der Waals surface area contributed by atoms with Crippen LogP contribution in [0.1, 0.15) is 25.8 Å². The number of para-hydroxylation sites is 1. The van der Waals surface area contributed by atoms with Crippen LogP contribution in [0.25, 0.3) is 6.08 Å². The summed E-state index contributed by atoms with van der Waals surface area (Å²) in [5, 5.41) is 2.82. The van der Waals surface area contributed by atoms with Gasteiger partial charge in [0, 0.05) is 24.5 Å². The van der Waals surface area contributed by atoms with Crippen molar-refractivity contribution < 1.29 is 18.7 Å². The highest BCUT2D eigenvalue weighted by molar-refractivity contribution is 5.99. The van der Waals surface area contributed by atoms with E-state index in [9.17, 15) is 14.0 Å². The number of hydrogen-bond acceptors (Lipinski definition) is 4. The molecular weight excluding hydrogens is 421 g/mol. The third kappa shape index (κ3) is 6.74. The monoisotopic (exact) mass is 447 g/mol. The minimum Gasteiger partial charge on any atom is -0.453 e. The molecule has 2 aromatic carbocycles. The zero-order chi connectivity index (χ0) is 23.6. The zero-order valence-corrected chi connectivity index (χ0v) is 18.6. The van der Waals surface area contributed by atoms with Crippen molar-refractivity contribution in [3.63, 3.8) is 0 Å². The lowest BCUT2D eigenvalue weighted by Gasteiger charge is -2.27. The van der Waals surface area contributed by atoms with E-state index in [0.717, 1.165) is 0 Å². The molecule has 3 aromatic rings. The molecule has 1 heterocycles. The van der Waals surface area contributed by atoms with Gasteiger partial charge in [-0.2, -0.15) is 0 Å². The molecule has 1 N–H and O–H groups in total. The number of ether oxygens (including phenoxy) is 1. The molecule has 0 aliphatic rings. The summed E-state index contributed by atoms with van der Waals surface area (Å²) in [6.45, 7) is 4.03. The summed E-state index contributed by atoms with van der Waals surface area (Å²) in [5.74, 6) is -0.685. The highest BCUT2D eigenvalue weighted by Crippen LogP contribution is 2.25. The van der Waals surface area contributed by atoms with Gasteiger partial charge in [-0.1, -0.05) is 31.2 Å². The Morgan fingerprint density at radius 3 is 2.61 bits per heavy atom. The number of nitrogens with one attached hydrogen (secondary N) is 1. The highest BCUT2D eigenvalue weighted by atomic mass is 19.1. The first-order chi connectivity index (χ1) is 16.0. The van der Waals surface area contributed by atoms with E-state index >= 15 is 0 Å². The lowest BCUT2D eigenvalue weighted by Crippen LogP contribution is -2.45. The van der Waals surface area contributed by atoms with Crippen molar-refractivity contribution in [2.24, 2.45) is 0 Å². The fourth-order valence-electron chi connectivity index (χ4n) is 3.15. The van der Waals surface area contributed by atoms with Crippen LogP contribution in [0, 0.1) is 5.82 Å². The number of aromatic nitrogens is 1. The molecule has 0 aliphatic heterocycles. The Labute approximate surface area is 192 Å². The lowest BCUT2D eigenvalue weighted by atomic mass is 10.1. The molecule has 170 valence electrons. The second kappa shape index (κ2) is 11.6. The molecule has 1 unspecified atom stereocenters. The topological polar surface area (TPSA) is 71.5 Å². The average Bonchev–Trinajstić information content (AvgIpc) is 2.83. The first kappa shape index (κ1) is 23.7. The maximum atomic E-state index is 14.5. The standard InChI is InChI=1S/C26H26FN3O3/c1-3-16-30(19(2)26(32)29-21-8-5-4-6-9-21)25(31)14-12-20-11-13-24(23(27)17-20)33-22-10-7-15-28-18-22/h4-15,17-19H,3,16H2,1-2H3,(H,29,32)/b14-12+. The van der Waals surface area contributed by atoms with Gasteiger partial charge in [-0.25, -0.2) is 4.39 Å². The van der Waals surface area contributed by atoms with E-state index in [1.54, 1.807) is 43.5 Å². The van der Waals surface area contributed by atoms with Crippen LogP contribution in [0.15, 0.2) is 79.1 Å². The van der Waals surface area contributed by atoms with Gasteiger partial charge in [0.2, 0.25) is 11.8 Å². The molecule has 2 amide bonds. The summed E-state index contributed by atoms with van der Waals surface area (Å²) < 4.78 is 19.9. The number of carbonyl (C=O) groups is 2. The van der Waals surface area contributed by atoms with Crippen LogP contribution in [-0.4, -0.2) is 34.3 Å². The van der Waals surface area contributed by atoms with E-state index in [0.29, 0.717) is 30.0 Å². The maximum absolute atomic E-state index is 14.5. The molecule has 0 bridgehead atoms. The molecule has 0 fully saturated rings. The Bertz CT molecular complexity index is 1100. The van der Waals surface area contributed by atoms with Gasteiger partial charge in [-0.3, -0.25) is 14.6 Å². The third-order valence-corrected chi connectivity index (χ3v) is 4.87. The molecule has 0 saturated heterocycles. The van der Waals surface area contributed by atoms with Crippen LogP contribution >= 0.6 is 0 Å². The normalized spacial score (nSPS) is 11.7. The Balaban J connectivity index is 1.67. The Morgan fingerprint density at radius 2 is 1.94 bits per heavy atom. The van der Waals surface area contributed by atoms with Crippen molar-refractivity contribution in [2.75, 3.05) is 11.9 Å². The van der Waals surface area contributed by atoms with E-state index in [4.69, 9.17) is 4.74 Å². The lowest BCUT2D eigenvalue weighted by molar-refractivity contribution is -0.134. The van der Waals surface area contributed by atoms with Gasteiger partial charge < -0.3 is 15.0 Å². The number of rotatable bonds is 9. The van der Waals surface area contributed by atoms with Crippen molar-refractivity contribution in [2.45, 2.75) is 26.3 Å². The number of halogens is 1. The van der Waals surface area contributed by atoms with Crippen LogP contribution in [0.5, 0.6) is 11.5 Å². The Hall–Kier alpha value is -4.00. The molecule has 0 saturated carbocycles. The van der Waals surface area contributed by atoms with Gasteiger partial charge in [0.1, 0.15) is 11.8 Å². The largest absolute Gasteiger partial charge is 0.453 e. The fraction of sp³-hybridized carbons (Fsp3) is 0.192. The van der Waals surface area contributed by atoms with Crippen molar-refractivity contribution in [1.29, 1.82) is 0 Å². The number of hydrogen-bond donors (Lipinski definition) is 1. The Kier molecular flexibility index (Phi) is 8.30. The van der Waals surface area contributed by atoms with E-state index < -0.39 is 11.9 Å². The third-order valence-electron chi connectivity index (χ3n) is 4.87. The average molecular weight is 448 g/mol. The van der Waals surface area contributed by atoms with Gasteiger partial charge in [-0.15, -0.1) is 0 Å². The van der Waals surface area contributed by atoms with Crippen LogP contribution in [0.4, 0.5) is 10.1 Å². The van der Waals surface area contributed by atoms with Crippen LogP contribution in [0.3, 0.4) is 0 Å². The summed E-state index contributed by atoms with van der Waals surface area (Å²) in [4.78, 5) is 30.9. The molecule has 33 heavy (non-hydrogen) atoms. The molecule has 1 atom stereocenters. The number of benzene rings is 2. The van der Waals surface area contributed by atoms with E-state index in [1.165, 1.54) is 35.4 Å². The summed E-state index contributed by atoms with van der Waals surface area (Å²) in [6.07, 6.45) is 6.64. The van der Waals surface area contributed by atoms with Gasteiger partial charge in [0.15, 0.2) is 11.6 Å². The number of carbonyl (C=O) groups excluding carboxylic acids is 2. The number of pyridine rings is 1. The first-order valence-corrected chi connectivity index (χ1v) is 10.7. The number of anilines is 1. The zero-order valence-electron chi connectivity index (χ0n) is 18.6. The maximum Gasteiger partial charge on any atom is 0.247 e. The molecule has 0 radical (unpaired) electrons. The van der Waals surface area contributed by atoms with E-state index in [1.807, 2.05) is 25.1 Å². The molecule has 0 spiro atoms. The van der Waals surface area contributed by atoms with Crippen molar-refractivity contribution >= 4 is 23.6 Å². The van der Waals surface area contributed by atoms with E-state index in [2.05, 4.69) is 10.3 Å². The number of amides is 2. The summed E-state index contributed by atoms with van der Waals surface area (Å²) >= 11 is 0. The minimum absolute atomic E-state index is 0.0605. The van der Waals surface area contributed by atoms with Crippen molar-refractivity contribution in [3.05, 3.63) is 90.5 Å². The summed E-state index contributed by atoms with van der Waals surface area (Å²) in [5.41, 5.74) is 1.16. The number of nitrogens with zero attached hydrogens (tertiary/aromatic N) is 2.